The number of likely N-dealkylation sites (tertiary alicyclic amines) is 1. The van der Waals surface area contributed by atoms with Crippen molar-refractivity contribution in [3.8, 4) is 0 Å². The van der Waals surface area contributed by atoms with Gasteiger partial charge in [0, 0.05) is 28.9 Å². The molecule has 2 N–H and O–H groups in total. The third-order valence-electron chi connectivity index (χ3n) is 4.59. The molecule has 1 aromatic carbocycles. The van der Waals surface area contributed by atoms with Crippen LogP contribution in [0.3, 0.4) is 0 Å². The molecule has 8 heteroatoms. The molecule has 2 fully saturated rings. The van der Waals surface area contributed by atoms with E-state index in [1.165, 1.54) is 12.3 Å². The summed E-state index contributed by atoms with van der Waals surface area (Å²) in [6, 6.07) is 6.48. The van der Waals surface area contributed by atoms with Gasteiger partial charge in [0.05, 0.1) is 12.6 Å². The molecule has 0 aliphatic carbocycles. The molecule has 2 atom stereocenters. The first kappa shape index (κ1) is 16.7. The van der Waals surface area contributed by atoms with E-state index in [0.717, 1.165) is 5.56 Å². The van der Waals surface area contributed by atoms with E-state index >= 15 is 0 Å². The highest BCUT2D eigenvalue weighted by molar-refractivity contribution is 6.31. The van der Waals surface area contributed by atoms with Crippen molar-refractivity contribution in [1.82, 2.24) is 15.2 Å². The number of halogens is 1. The third-order valence-corrected chi connectivity index (χ3v) is 4.81. The Morgan fingerprint density at radius 2 is 2.00 bits per heavy atom. The lowest BCUT2D eigenvalue weighted by molar-refractivity contribution is 0.0741. The number of aromatic nitrogens is 1. The summed E-state index contributed by atoms with van der Waals surface area (Å²) >= 11 is 6.02. The number of rotatable bonds is 3. The van der Waals surface area contributed by atoms with Gasteiger partial charge in [0.25, 0.3) is 5.91 Å². The summed E-state index contributed by atoms with van der Waals surface area (Å²) in [5.41, 5.74) is 2.07. The Balaban J connectivity index is 1.50. The molecule has 7 nitrogen and oxygen atoms in total. The molecule has 0 saturated carbocycles. The first-order valence-corrected chi connectivity index (χ1v) is 8.55. The fraction of sp³-hybridized carbons (Fsp3) is 0.278. The van der Waals surface area contributed by atoms with Crippen molar-refractivity contribution >= 4 is 29.4 Å². The summed E-state index contributed by atoms with van der Waals surface area (Å²) in [6.07, 6.45) is 0.745. The first-order chi connectivity index (χ1) is 12.4. The van der Waals surface area contributed by atoms with E-state index in [4.69, 9.17) is 16.3 Å². The maximum absolute atomic E-state index is 12.6. The van der Waals surface area contributed by atoms with Crippen LogP contribution in [0.5, 0.6) is 0 Å². The van der Waals surface area contributed by atoms with Crippen LogP contribution in [0.15, 0.2) is 30.5 Å². The SMILES string of the molecule is Cc1cc(Cl)cc(C(=O)c2c[nH]c(C(=O)N3C[C@@H]4NC(=O)O[C@@H]4C3)c2)c1. The number of nitrogens with zero attached hydrogens (tertiary/aromatic N) is 1. The molecule has 3 heterocycles. The Bertz CT molecular complexity index is 887. The number of hydrogen-bond acceptors (Lipinski definition) is 4. The molecule has 2 aliphatic rings. The van der Waals surface area contributed by atoms with Crippen LogP contribution in [-0.2, 0) is 4.74 Å². The number of benzene rings is 1. The van der Waals surface area contributed by atoms with Crippen LogP contribution in [0, 0.1) is 6.92 Å². The van der Waals surface area contributed by atoms with Crippen LogP contribution >= 0.6 is 11.6 Å². The number of aryl methyl sites for hydroxylation is 1. The molecule has 2 amide bonds. The van der Waals surface area contributed by atoms with Crippen molar-refractivity contribution in [3.05, 3.63) is 57.9 Å². The number of nitrogens with one attached hydrogen (secondary N) is 2. The zero-order valence-electron chi connectivity index (χ0n) is 13.9. The van der Waals surface area contributed by atoms with Crippen LogP contribution in [0.4, 0.5) is 4.79 Å². The average Bonchev–Trinajstić information content (AvgIpc) is 3.26. The van der Waals surface area contributed by atoms with Crippen LogP contribution in [-0.4, -0.2) is 52.9 Å². The van der Waals surface area contributed by atoms with Gasteiger partial charge in [-0.2, -0.15) is 0 Å². The lowest BCUT2D eigenvalue weighted by Crippen LogP contribution is -2.35. The second-order valence-electron chi connectivity index (χ2n) is 6.55. The number of alkyl carbamates (subject to hydrolysis) is 1. The number of amides is 2. The highest BCUT2D eigenvalue weighted by Gasteiger charge is 2.43. The minimum atomic E-state index is -0.448. The number of carbonyl (C=O) groups is 3. The van der Waals surface area contributed by atoms with Gasteiger partial charge < -0.3 is 19.9 Å². The lowest BCUT2D eigenvalue weighted by atomic mass is 10.0. The highest BCUT2D eigenvalue weighted by atomic mass is 35.5. The van der Waals surface area contributed by atoms with Gasteiger partial charge in [-0.15, -0.1) is 0 Å². The van der Waals surface area contributed by atoms with E-state index in [2.05, 4.69) is 10.3 Å². The second-order valence-corrected chi connectivity index (χ2v) is 6.99. The molecule has 0 spiro atoms. The van der Waals surface area contributed by atoms with E-state index < -0.39 is 6.09 Å². The zero-order chi connectivity index (χ0) is 18.4. The van der Waals surface area contributed by atoms with E-state index in [-0.39, 0.29) is 23.8 Å². The molecular formula is C18H16ClN3O4. The highest BCUT2D eigenvalue weighted by Crippen LogP contribution is 2.22. The van der Waals surface area contributed by atoms with Crippen molar-refractivity contribution in [3.63, 3.8) is 0 Å². The molecule has 0 bridgehead atoms. The summed E-state index contributed by atoms with van der Waals surface area (Å²) in [6.45, 7) is 2.57. The Hall–Kier alpha value is -2.80. The van der Waals surface area contributed by atoms with Crippen molar-refractivity contribution in [2.45, 2.75) is 19.1 Å². The second kappa shape index (κ2) is 6.17. The average molecular weight is 374 g/mol. The van der Waals surface area contributed by atoms with Crippen molar-refractivity contribution < 1.29 is 19.1 Å². The topological polar surface area (TPSA) is 91.5 Å². The Morgan fingerprint density at radius 3 is 2.73 bits per heavy atom. The van der Waals surface area contributed by atoms with Gasteiger partial charge in [0.2, 0.25) is 0 Å². The summed E-state index contributed by atoms with van der Waals surface area (Å²) in [7, 11) is 0. The van der Waals surface area contributed by atoms with Crippen molar-refractivity contribution in [2.75, 3.05) is 13.1 Å². The maximum atomic E-state index is 12.6. The minimum absolute atomic E-state index is 0.183. The lowest BCUT2D eigenvalue weighted by Gasteiger charge is -2.15. The predicted molar refractivity (Wildman–Crippen MR) is 93.5 cm³/mol. The minimum Gasteiger partial charge on any atom is -0.442 e. The van der Waals surface area contributed by atoms with Gasteiger partial charge in [0.15, 0.2) is 5.78 Å². The molecule has 1 aromatic heterocycles. The number of carbonyl (C=O) groups excluding carboxylic acids is 3. The van der Waals surface area contributed by atoms with Crippen LogP contribution in [0.1, 0.15) is 32.0 Å². The Kier molecular flexibility index (Phi) is 3.96. The molecule has 4 rings (SSSR count). The van der Waals surface area contributed by atoms with Gasteiger partial charge in [-0.1, -0.05) is 11.6 Å². The Morgan fingerprint density at radius 1 is 1.19 bits per heavy atom. The molecule has 134 valence electrons. The monoisotopic (exact) mass is 373 g/mol. The largest absolute Gasteiger partial charge is 0.442 e. The van der Waals surface area contributed by atoms with Crippen LogP contribution < -0.4 is 5.32 Å². The number of aromatic amines is 1. The number of fused-ring (bicyclic) bond motifs is 1. The summed E-state index contributed by atoms with van der Waals surface area (Å²) in [4.78, 5) is 40.9. The fourth-order valence-corrected chi connectivity index (χ4v) is 3.66. The third kappa shape index (κ3) is 2.94. The van der Waals surface area contributed by atoms with Gasteiger partial charge in [-0.25, -0.2) is 4.79 Å². The zero-order valence-corrected chi connectivity index (χ0v) is 14.7. The Labute approximate surface area is 154 Å². The van der Waals surface area contributed by atoms with Gasteiger partial charge >= 0.3 is 6.09 Å². The van der Waals surface area contributed by atoms with E-state index in [0.29, 0.717) is 34.9 Å². The standard InChI is InChI=1S/C18H16ClN3O4/c1-9-2-10(4-12(19)3-9)16(23)11-5-13(20-6-11)17(24)22-7-14-15(8-22)26-18(25)21-14/h2-6,14-15,20H,7-8H2,1H3,(H,21,25)/t14-,15+/m0/s1. The number of H-pyrrole nitrogens is 1. The van der Waals surface area contributed by atoms with E-state index in [1.807, 2.05) is 6.92 Å². The van der Waals surface area contributed by atoms with E-state index in [9.17, 15) is 14.4 Å². The van der Waals surface area contributed by atoms with Gasteiger partial charge in [-0.05, 0) is 36.8 Å². The van der Waals surface area contributed by atoms with Gasteiger partial charge in [-0.3, -0.25) is 9.59 Å². The quantitative estimate of drug-likeness (QED) is 0.806. The summed E-state index contributed by atoms with van der Waals surface area (Å²) in [5.74, 6) is -0.446. The molecular weight excluding hydrogens is 358 g/mol. The van der Waals surface area contributed by atoms with Crippen LogP contribution in [0.2, 0.25) is 5.02 Å². The number of ketones is 1. The number of hydrogen-bond donors (Lipinski definition) is 2. The summed E-state index contributed by atoms with van der Waals surface area (Å²) < 4.78 is 5.10. The van der Waals surface area contributed by atoms with Gasteiger partial charge in [0.1, 0.15) is 11.8 Å². The van der Waals surface area contributed by atoms with E-state index in [1.54, 1.807) is 23.1 Å². The molecule has 26 heavy (non-hydrogen) atoms. The molecule has 2 aromatic rings. The first-order valence-electron chi connectivity index (χ1n) is 8.17. The maximum Gasteiger partial charge on any atom is 0.407 e. The normalized spacial score (nSPS) is 21.3. The molecule has 2 saturated heterocycles. The number of ether oxygens (including phenoxy) is 1. The molecule has 0 unspecified atom stereocenters. The molecule has 0 radical (unpaired) electrons. The van der Waals surface area contributed by atoms with Crippen molar-refractivity contribution in [1.29, 1.82) is 0 Å². The summed E-state index contributed by atoms with van der Waals surface area (Å²) in [5, 5.41) is 3.17. The smallest absolute Gasteiger partial charge is 0.407 e. The fourth-order valence-electron chi connectivity index (χ4n) is 3.37. The van der Waals surface area contributed by atoms with Crippen molar-refractivity contribution in [2.24, 2.45) is 0 Å². The van der Waals surface area contributed by atoms with Crippen LogP contribution in [0.25, 0.3) is 0 Å². The predicted octanol–water partition coefficient (Wildman–Crippen LogP) is 2.14. The molecule has 2 aliphatic heterocycles.